The Kier molecular flexibility index (Phi) is 6.16. The van der Waals surface area contributed by atoms with Gasteiger partial charge in [-0.25, -0.2) is 0 Å². The van der Waals surface area contributed by atoms with E-state index in [4.69, 9.17) is 4.74 Å². The third-order valence-electron chi connectivity index (χ3n) is 0.957. The highest BCUT2D eigenvalue weighted by Gasteiger charge is 1.74. The van der Waals surface area contributed by atoms with Gasteiger partial charge in [0.15, 0.2) is 0 Å². The van der Waals surface area contributed by atoms with E-state index in [-0.39, 0.29) is 0 Å². The molecule has 0 amide bonds. The van der Waals surface area contributed by atoms with E-state index in [1.807, 2.05) is 6.08 Å². The Balaban J connectivity index is 2.80. The summed E-state index contributed by atoms with van der Waals surface area (Å²) in [4.78, 5) is 0. The van der Waals surface area contributed by atoms with Crippen LogP contribution >= 0.6 is 0 Å². The maximum absolute atomic E-state index is 4.71. The van der Waals surface area contributed by atoms with E-state index >= 15 is 0 Å². The van der Waals surface area contributed by atoms with Crippen molar-refractivity contribution in [2.75, 3.05) is 7.11 Å². The van der Waals surface area contributed by atoms with Crippen LogP contribution in [0.2, 0.25) is 0 Å². The first-order chi connectivity index (χ1) is 3.91. The minimum Gasteiger partial charge on any atom is -0.505 e. The van der Waals surface area contributed by atoms with E-state index in [1.54, 1.807) is 13.4 Å². The van der Waals surface area contributed by atoms with Gasteiger partial charge in [-0.15, -0.1) is 0 Å². The molecule has 0 aliphatic heterocycles. The second-order valence-corrected chi connectivity index (χ2v) is 1.75. The van der Waals surface area contributed by atoms with Crippen LogP contribution in [0.3, 0.4) is 0 Å². The second kappa shape index (κ2) is 6.54. The van der Waals surface area contributed by atoms with Crippen LogP contribution in [-0.2, 0) is 4.74 Å². The number of methoxy groups -OCH3 is 1. The molecule has 0 unspecified atom stereocenters. The van der Waals surface area contributed by atoms with Gasteiger partial charge in [-0.1, -0.05) is 13.3 Å². The predicted molar refractivity (Wildman–Crippen MR) is 35.7 cm³/mol. The molecule has 1 nitrogen and oxygen atoms in total. The second-order valence-electron chi connectivity index (χ2n) is 1.75. The van der Waals surface area contributed by atoms with E-state index in [1.165, 1.54) is 12.8 Å². The number of unbranched alkanes of at least 4 members (excludes halogenated alkanes) is 2. The molecule has 0 spiro atoms. The molecule has 0 fully saturated rings. The smallest absolute Gasteiger partial charge is 0.0784 e. The van der Waals surface area contributed by atoms with Gasteiger partial charge in [0.2, 0.25) is 0 Å². The molecule has 0 bridgehead atoms. The molecular formula is C7H14O. The van der Waals surface area contributed by atoms with Gasteiger partial charge >= 0.3 is 0 Å². The van der Waals surface area contributed by atoms with E-state index in [0.717, 1.165) is 6.42 Å². The molecule has 0 rings (SSSR count). The summed E-state index contributed by atoms with van der Waals surface area (Å²) in [5.74, 6) is 0. The lowest BCUT2D eigenvalue weighted by Gasteiger charge is -1.87. The molecule has 0 radical (unpaired) electrons. The molecule has 0 N–H and O–H groups in total. The van der Waals surface area contributed by atoms with Crippen molar-refractivity contribution in [2.45, 2.75) is 26.2 Å². The number of hydrogen-bond acceptors (Lipinski definition) is 1. The maximum Gasteiger partial charge on any atom is 0.0784 e. The monoisotopic (exact) mass is 114 g/mol. The molecular weight excluding hydrogens is 100 g/mol. The minimum atomic E-state index is 1.14. The van der Waals surface area contributed by atoms with Crippen molar-refractivity contribution in [3.63, 3.8) is 0 Å². The van der Waals surface area contributed by atoms with Crippen molar-refractivity contribution in [3.05, 3.63) is 12.3 Å². The zero-order valence-corrected chi connectivity index (χ0v) is 5.68. The molecule has 48 valence electrons. The van der Waals surface area contributed by atoms with Crippen LogP contribution in [0.15, 0.2) is 12.3 Å². The van der Waals surface area contributed by atoms with Gasteiger partial charge < -0.3 is 4.74 Å². The van der Waals surface area contributed by atoms with Crippen LogP contribution in [0.5, 0.6) is 0 Å². The van der Waals surface area contributed by atoms with E-state index in [9.17, 15) is 0 Å². The molecule has 0 saturated heterocycles. The highest BCUT2D eigenvalue weighted by Crippen LogP contribution is 1.93. The summed E-state index contributed by atoms with van der Waals surface area (Å²) in [7, 11) is 1.67. The van der Waals surface area contributed by atoms with Gasteiger partial charge in [-0.3, -0.25) is 0 Å². The predicted octanol–water partition coefficient (Wildman–Crippen LogP) is 2.34. The third-order valence-corrected chi connectivity index (χ3v) is 0.957. The van der Waals surface area contributed by atoms with Gasteiger partial charge in [0.25, 0.3) is 0 Å². The lowest BCUT2D eigenvalue weighted by Crippen LogP contribution is -1.68. The molecule has 0 aromatic rings. The van der Waals surface area contributed by atoms with E-state index in [0.29, 0.717) is 0 Å². The highest BCUT2D eigenvalue weighted by atomic mass is 16.5. The summed E-state index contributed by atoms with van der Waals surface area (Å²) in [6.07, 6.45) is 7.44. The fourth-order valence-electron chi connectivity index (χ4n) is 0.486. The molecule has 0 heterocycles. The SMILES string of the molecule is CCCC/C=C\OC. The lowest BCUT2D eigenvalue weighted by atomic mass is 10.2. The van der Waals surface area contributed by atoms with Gasteiger partial charge in [-0.2, -0.15) is 0 Å². The first kappa shape index (κ1) is 7.54. The van der Waals surface area contributed by atoms with E-state index < -0.39 is 0 Å². The number of rotatable bonds is 4. The summed E-state index contributed by atoms with van der Waals surface area (Å²) in [5, 5.41) is 0. The minimum absolute atomic E-state index is 1.14. The Morgan fingerprint density at radius 3 is 2.75 bits per heavy atom. The summed E-state index contributed by atoms with van der Waals surface area (Å²) < 4.78 is 4.71. The Hall–Kier alpha value is -0.460. The summed E-state index contributed by atoms with van der Waals surface area (Å²) >= 11 is 0. The number of allylic oxidation sites excluding steroid dienone is 1. The summed E-state index contributed by atoms with van der Waals surface area (Å²) in [6, 6.07) is 0. The van der Waals surface area contributed by atoms with Crippen LogP contribution in [-0.4, -0.2) is 7.11 Å². The molecule has 0 saturated carbocycles. The zero-order chi connectivity index (χ0) is 6.24. The van der Waals surface area contributed by atoms with Gasteiger partial charge in [0.1, 0.15) is 0 Å². The van der Waals surface area contributed by atoms with Crippen LogP contribution in [0.1, 0.15) is 26.2 Å². The van der Waals surface area contributed by atoms with Crippen molar-refractivity contribution in [2.24, 2.45) is 0 Å². The van der Waals surface area contributed by atoms with Crippen molar-refractivity contribution >= 4 is 0 Å². The molecule has 0 aromatic heterocycles. The van der Waals surface area contributed by atoms with Crippen LogP contribution < -0.4 is 0 Å². The fraction of sp³-hybridized carbons (Fsp3) is 0.714. The van der Waals surface area contributed by atoms with Crippen LogP contribution in [0.4, 0.5) is 0 Å². The molecule has 0 aliphatic rings. The summed E-state index contributed by atoms with van der Waals surface area (Å²) in [6.45, 7) is 2.18. The average molecular weight is 114 g/mol. The first-order valence-electron chi connectivity index (χ1n) is 3.09. The molecule has 1 heteroatoms. The Bertz CT molecular complexity index is 57.4. The zero-order valence-electron chi connectivity index (χ0n) is 5.68. The Morgan fingerprint density at radius 2 is 2.25 bits per heavy atom. The van der Waals surface area contributed by atoms with Gasteiger partial charge in [-0.05, 0) is 18.9 Å². The van der Waals surface area contributed by atoms with Crippen molar-refractivity contribution in [1.29, 1.82) is 0 Å². The van der Waals surface area contributed by atoms with E-state index in [2.05, 4.69) is 6.92 Å². The topological polar surface area (TPSA) is 9.23 Å². The lowest BCUT2D eigenvalue weighted by molar-refractivity contribution is 0.336. The Labute approximate surface area is 51.4 Å². The molecule has 0 atom stereocenters. The summed E-state index contributed by atoms with van der Waals surface area (Å²) in [5.41, 5.74) is 0. The first-order valence-corrected chi connectivity index (χ1v) is 3.09. The standard InChI is InChI=1S/C7H14O/c1-3-4-5-6-7-8-2/h6-7H,3-5H2,1-2H3/b7-6-. The van der Waals surface area contributed by atoms with Gasteiger partial charge in [0.05, 0.1) is 13.4 Å². The van der Waals surface area contributed by atoms with Crippen LogP contribution in [0.25, 0.3) is 0 Å². The average Bonchev–Trinajstić information content (AvgIpc) is 1.81. The number of hydrogen-bond donors (Lipinski definition) is 0. The van der Waals surface area contributed by atoms with Crippen LogP contribution in [0, 0.1) is 0 Å². The number of ether oxygens (including phenoxy) is 1. The molecule has 0 aliphatic carbocycles. The normalized spacial score (nSPS) is 10.2. The maximum atomic E-state index is 4.71. The molecule has 8 heavy (non-hydrogen) atoms. The van der Waals surface area contributed by atoms with Crippen molar-refractivity contribution in [3.8, 4) is 0 Å². The Morgan fingerprint density at radius 1 is 1.50 bits per heavy atom. The molecule has 0 aromatic carbocycles. The highest BCUT2D eigenvalue weighted by molar-refractivity contribution is 4.71. The van der Waals surface area contributed by atoms with Crippen molar-refractivity contribution < 1.29 is 4.74 Å². The van der Waals surface area contributed by atoms with Gasteiger partial charge in [0, 0.05) is 0 Å². The largest absolute Gasteiger partial charge is 0.505 e. The fourth-order valence-corrected chi connectivity index (χ4v) is 0.486. The van der Waals surface area contributed by atoms with Crippen molar-refractivity contribution in [1.82, 2.24) is 0 Å². The third kappa shape index (κ3) is 5.54. The quantitative estimate of drug-likeness (QED) is 0.402.